The molecule has 3 aliphatic heterocycles. The fraction of sp³-hybridized carbons (Fsp3) is 0.421. The van der Waals surface area contributed by atoms with Crippen LogP contribution < -0.4 is 0 Å². The van der Waals surface area contributed by atoms with E-state index in [2.05, 4.69) is 22.8 Å². The summed E-state index contributed by atoms with van der Waals surface area (Å²) in [5, 5.41) is 2.03. The number of esters is 1. The third-order valence-corrected chi connectivity index (χ3v) is 6.30. The van der Waals surface area contributed by atoms with Gasteiger partial charge >= 0.3 is 5.97 Å². The van der Waals surface area contributed by atoms with Gasteiger partial charge in [-0.2, -0.15) is 0 Å². The summed E-state index contributed by atoms with van der Waals surface area (Å²) in [5.74, 6) is 6.36. The van der Waals surface area contributed by atoms with Crippen LogP contribution in [0.3, 0.4) is 0 Å². The number of nitrogens with zero attached hydrogens (tertiary/aromatic N) is 1. The van der Waals surface area contributed by atoms with E-state index in [1.807, 2.05) is 17.5 Å². The SMILES string of the molecule is O=C1C=C2C(C#Cc3cccs3)=C[C@@H]3C[C@@]2(O1)C1CCCCN13. The van der Waals surface area contributed by atoms with Crippen molar-refractivity contribution in [2.75, 3.05) is 6.54 Å². The Labute approximate surface area is 139 Å². The van der Waals surface area contributed by atoms with Crippen LogP contribution in [0.4, 0.5) is 0 Å². The summed E-state index contributed by atoms with van der Waals surface area (Å²) in [6.07, 6.45) is 8.41. The van der Waals surface area contributed by atoms with Gasteiger partial charge in [-0.25, -0.2) is 4.79 Å². The second kappa shape index (κ2) is 4.83. The van der Waals surface area contributed by atoms with Crippen molar-refractivity contribution in [1.82, 2.24) is 4.90 Å². The van der Waals surface area contributed by atoms with Gasteiger partial charge in [-0.1, -0.05) is 30.4 Å². The first-order valence-corrected chi connectivity index (χ1v) is 9.13. The number of hydrogen-bond acceptors (Lipinski definition) is 4. The first-order valence-electron chi connectivity index (χ1n) is 8.25. The van der Waals surface area contributed by atoms with Gasteiger partial charge in [0.2, 0.25) is 0 Å². The Kier molecular flexibility index (Phi) is 2.86. The Balaban J connectivity index is 1.60. The van der Waals surface area contributed by atoms with Crippen molar-refractivity contribution in [2.45, 2.75) is 43.4 Å². The van der Waals surface area contributed by atoms with Gasteiger partial charge in [-0.05, 0) is 30.8 Å². The van der Waals surface area contributed by atoms with Crippen molar-refractivity contribution >= 4 is 17.3 Å². The lowest BCUT2D eigenvalue weighted by Gasteiger charge is -2.38. The molecule has 4 aliphatic rings. The van der Waals surface area contributed by atoms with E-state index in [0.29, 0.717) is 12.1 Å². The number of thiophene rings is 1. The Morgan fingerprint density at radius 2 is 2.30 bits per heavy atom. The number of piperidine rings is 1. The summed E-state index contributed by atoms with van der Waals surface area (Å²) >= 11 is 1.64. The number of rotatable bonds is 0. The second-order valence-electron chi connectivity index (χ2n) is 6.70. The van der Waals surface area contributed by atoms with E-state index < -0.39 is 5.60 Å². The standard InChI is InChI=1S/C19H17NO2S/c21-18-11-16-13(6-7-15-4-3-9-23-15)10-14-12-19(16,22-18)17-5-1-2-8-20(14)17/h3-4,9-11,14,17H,1-2,5,8,12H2/t14-,17?,19+/m1/s1. The topological polar surface area (TPSA) is 29.5 Å². The Morgan fingerprint density at radius 3 is 3.17 bits per heavy atom. The van der Waals surface area contributed by atoms with Gasteiger partial charge in [0.05, 0.1) is 10.9 Å². The van der Waals surface area contributed by atoms with E-state index in [-0.39, 0.29) is 5.97 Å². The molecule has 2 fully saturated rings. The van der Waals surface area contributed by atoms with E-state index in [0.717, 1.165) is 35.4 Å². The van der Waals surface area contributed by atoms with Crippen molar-refractivity contribution in [3.8, 4) is 11.8 Å². The third kappa shape index (κ3) is 1.90. The lowest BCUT2D eigenvalue weighted by Crippen LogP contribution is -2.48. The van der Waals surface area contributed by atoms with Gasteiger partial charge in [-0.3, -0.25) is 4.90 Å². The molecule has 116 valence electrons. The minimum absolute atomic E-state index is 0.197. The summed E-state index contributed by atoms with van der Waals surface area (Å²) < 4.78 is 5.90. The molecule has 0 radical (unpaired) electrons. The third-order valence-electron chi connectivity index (χ3n) is 5.51. The lowest BCUT2D eigenvalue weighted by atomic mass is 9.77. The predicted octanol–water partition coefficient (Wildman–Crippen LogP) is 2.89. The van der Waals surface area contributed by atoms with Crippen LogP contribution in [0.1, 0.15) is 30.6 Å². The Bertz CT molecular complexity index is 795. The molecule has 0 amide bonds. The fourth-order valence-corrected chi connectivity index (χ4v) is 5.22. The van der Waals surface area contributed by atoms with Crippen LogP contribution in [-0.4, -0.2) is 35.1 Å². The van der Waals surface area contributed by atoms with E-state index in [4.69, 9.17) is 4.74 Å². The van der Waals surface area contributed by atoms with Crippen molar-refractivity contribution in [3.05, 3.63) is 45.7 Å². The largest absolute Gasteiger partial charge is 0.449 e. The molecule has 2 bridgehead atoms. The van der Waals surface area contributed by atoms with Crippen molar-refractivity contribution in [3.63, 3.8) is 0 Å². The zero-order valence-electron chi connectivity index (χ0n) is 12.7. The van der Waals surface area contributed by atoms with E-state index in [1.165, 1.54) is 12.8 Å². The highest BCUT2D eigenvalue weighted by Crippen LogP contribution is 2.53. The molecule has 4 heteroatoms. The summed E-state index contributed by atoms with van der Waals surface area (Å²) in [4.78, 5) is 15.6. The van der Waals surface area contributed by atoms with Gasteiger partial charge < -0.3 is 4.74 Å². The molecule has 4 heterocycles. The van der Waals surface area contributed by atoms with Gasteiger partial charge in [0.25, 0.3) is 0 Å². The predicted molar refractivity (Wildman–Crippen MR) is 88.9 cm³/mol. The van der Waals surface area contributed by atoms with Crippen LogP contribution in [0.25, 0.3) is 0 Å². The average molecular weight is 323 g/mol. The molecule has 0 N–H and O–H groups in total. The molecule has 1 aromatic heterocycles. The first-order chi connectivity index (χ1) is 11.3. The van der Waals surface area contributed by atoms with Crippen LogP contribution >= 0.6 is 11.3 Å². The molecule has 23 heavy (non-hydrogen) atoms. The molecular formula is C19H17NO2S. The molecule has 2 saturated heterocycles. The summed E-state index contributed by atoms with van der Waals surface area (Å²) in [5.41, 5.74) is 1.59. The van der Waals surface area contributed by atoms with Crippen molar-refractivity contribution in [2.24, 2.45) is 0 Å². The quantitative estimate of drug-likeness (QED) is 0.543. The molecule has 1 aliphatic carbocycles. The van der Waals surface area contributed by atoms with Crippen LogP contribution in [-0.2, 0) is 9.53 Å². The molecule has 0 aromatic carbocycles. The molecular weight excluding hydrogens is 306 g/mol. The van der Waals surface area contributed by atoms with Crippen molar-refractivity contribution < 1.29 is 9.53 Å². The fourth-order valence-electron chi connectivity index (χ4n) is 4.65. The highest BCUT2D eigenvalue weighted by Gasteiger charge is 2.61. The maximum atomic E-state index is 12.1. The summed E-state index contributed by atoms with van der Waals surface area (Å²) in [7, 11) is 0. The first kappa shape index (κ1) is 13.6. The van der Waals surface area contributed by atoms with Crippen LogP contribution in [0.5, 0.6) is 0 Å². The number of carbonyl (C=O) groups is 1. The zero-order chi connectivity index (χ0) is 15.4. The zero-order valence-corrected chi connectivity index (χ0v) is 13.6. The maximum Gasteiger partial charge on any atom is 0.332 e. The maximum absolute atomic E-state index is 12.1. The van der Waals surface area contributed by atoms with Gasteiger partial charge in [0, 0.05) is 29.7 Å². The lowest BCUT2D eigenvalue weighted by molar-refractivity contribution is -0.148. The monoisotopic (exact) mass is 323 g/mol. The van der Waals surface area contributed by atoms with E-state index >= 15 is 0 Å². The molecule has 3 nitrogen and oxygen atoms in total. The minimum atomic E-state index is -0.434. The molecule has 3 atom stereocenters. The number of hydrogen-bond donors (Lipinski definition) is 0. The van der Waals surface area contributed by atoms with Crippen molar-refractivity contribution in [1.29, 1.82) is 0 Å². The van der Waals surface area contributed by atoms with Crippen LogP contribution in [0.15, 0.2) is 40.8 Å². The summed E-state index contributed by atoms with van der Waals surface area (Å²) in [6.45, 7) is 1.10. The molecule has 1 spiro atoms. The van der Waals surface area contributed by atoms with Crippen LogP contribution in [0.2, 0.25) is 0 Å². The highest BCUT2D eigenvalue weighted by atomic mass is 32.1. The number of carbonyl (C=O) groups excluding carboxylic acids is 1. The Morgan fingerprint density at radius 1 is 1.35 bits per heavy atom. The molecule has 1 unspecified atom stereocenters. The Hall–Kier alpha value is -1.83. The summed E-state index contributed by atoms with van der Waals surface area (Å²) in [6, 6.07) is 4.73. The second-order valence-corrected chi connectivity index (χ2v) is 7.64. The van der Waals surface area contributed by atoms with Gasteiger partial charge in [0.1, 0.15) is 0 Å². The van der Waals surface area contributed by atoms with E-state index in [1.54, 1.807) is 17.4 Å². The number of fused-ring (bicyclic) bond motifs is 3. The molecule has 5 rings (SSSR count). The van der Waals surface area contributed by atoms with E-state index in [9.17, 15) is 4.79 Å². The van der Waals surface area contributed by atoms with Crippen LogP contribution in [0, 0.1) is 11.8 Å². The molecule has 0 saturated carbocycles. The number of ether oxygens (including phenoxy) is 1. The van der Waals surface area contributed by atoms with Gasteiger partial charge in [-0.15, -0.1) is 11.3 Å². The smallest absolute Gasteiger partial charge is 0.332 e. The molecule has 1 aromatic rings. The minimum Gasteiger partial charge on any atom is -0.449 e. The normalized spacial score (nSPS) is 34.7. The average Bonchev–Trinajstić information content (AvgIpc) is 3.24. The van der Waals surface area contributed by atoms with Gasteiger partial charge in [0.15, 0.2) is 5.60 Å². The highest BCUT2D eigenvalue weighted by molar-refractivity contribution is 7.10.